The fraction of sp³-hybridized carbons (Fsp3) is 0.714. The summed E-state index contributed by atoms with van der Waals surface area (Å²) in [7, 11) is 0. The summed E-state index contributed by atoms with van der Waals surface area (Å²) < 4.78 is 0. The van der Waals surface area contributed by atoms with E-state index in [4.69, 9.17) is 0 Å². The molecular weight excluding hydrogens is 284 g/mol. The van der Waals surface area contributed by atoms with Crippen LogP contribution < -0.4 is 0 Å². The zero-order valence-electron chi connectivity index (χ0n) is 14.9. The molecule has 0 amide bonds. The number of hydrogen-bond donors (Lipinski definition) is 2. The zero-order valence-corrected chi connectivity index (χ0v) is 14.9. The predicted octanol–water partition coefficient (Wildman–Crippen LogP) is 4.73. The van der Waals surface area contributed by atoms with Crippen LogP contribution in [0.5, 0.6) is 0 Å². The van der Waals surface area contributed by atoms with Crippen molar-refractivity contribution in [2.45, 2.75) is 83.3 Å². The first-order chi connectivity index (χ1) is 11.1. The summed E-state index contributed by atoms with van der Waals surface area (Å²) in [6.07, 6.45) is 9.64. The highest BCUT2D eigenvalue weighted by Crippen LogP contribution is 2.55. The van der Waals surface area contributed by atoms with Crippen LogP contribution in [-0.4, -0.2) is 21.9 Å². The van der Waals surface area contributed by atoms with E-state index >= 15 is 0 Å². The fourth-order valence-electron chi connectivity index (χ4n) is 4.01. The second kappa shape index (κ2) is 8.84. The van der Waals surface area contributed by atoms with Gasteiger partial charge in [0.2, 0.25) is 0 Å². The van der Waals surface area contributed by atoms with Gasteiger partial charge in [-0.25, -0.2) is 0 Å². The summed E-state index contributed by atoms with van der Waals surface area (Å²) in [6, 6.07) is 10.3. The van der Waals surface area contributed by atoms with Crippen LogP contribution in [0.1, 0.15) is 70.8 Å². The van der Waals surface area contributed by atoms with Crippen LogP contribution in [0.4, 0.5) is 0 Å². The van der Waals surface area contributed by atoms with Gasteiger partial charge in [-0.15, -0.1) is 0 Å². The Morgan fingerprint density at radius 1 is 1.04 bits per heavy atom. The minimum atomic E-state index is -0.655. The molecular formula is C21H34O2. The van der Waals surface area contributed by atoms with Gasteiger partial charge in [-0.2, -0.15) is 0 Å². The zero-order chi connectivity index (χ0) is 16.7. The van der Waals surface area contributed by atoms with Gasteiger partial charge < -0.3 is 10.2 Å². The van der Waals surface area contributed by atoms with Crippen LogP contribution in [0.25, 0.3) is 0 Å². The van der Waals surface area contributed by atoms with Crippen LogP contribution in [-0.2, 0) is 6.42 Å². The number of benzene rings is 1. The number of unbranched alkanes of at least 4 members (excludes halogenated alkanes) is 5. The van der Waals surface area contributed by atoms with Gasteiger partial charge in [-0.1, -0.05) is 82.7 Å². The summed E-state index contributed by atoms with van der Waals surface area (Å²) in [4.78, 5) is 0. The molecule has 0 spiro atoms. The van der Waals surface area contributed by atoms with Crippen LogP contribution in [0.3, 0.4) is 0 Å². The topological polar surface area (TPSA) is 40.5 Å². The molecule has 0 heterocycles. The molecule has 0 saturated heterocycles. The first-order valence-corrected chi connectivity index (χ1v) is 9.54. The van der Waals surface area contributed by atoms with E-state index in [1.165, 1.54) is 37.7 Å². The van der Waals surface area contributed by atoms with Crippen molar-refractivity contribution in [2.75, 3.05) is 0 Å². The highest BCUT2D eigenvalue weighted by Gasteiger charge is 2.62. The van der Waals surface area contributed by atoms with E-state index in [-0.39, 0.29) is 17.9 Å². The Kier molecular flexibility index (Phi) is 7.10. The number of hydrogen-bond acceptors (Lipinski definition) is 2. The molecule has 0 aliphatic heterocycles. The van der Waals surface area contributed by atoms with Crippen molar-refractivity contribution < 1.29 is 10.2 Å². The first kappa shape index (κ1) is 18.5. The van der Waals surface area contributed by atoms with Crippen LogP contribution in [0.15, 0.2) is 30.3 Å². The summed E-state index contributed by atoms with van der Waals surface area (Å²) >= 11 is 0. The molecule has 2 rings (SSSR count). The van der Waals surface area contributed by atoms with Crippen molar-refractivity contribution in [2.24, 2.45) is 11.8 Å². The molecule has 2 N–H and O–H groups in total. The van der Waals surface area contributed by atoms with E-state index in [0.717, 1.165) is 25.7 Å². The van der Waals surface area contributed by atoms with Gasteiger partial charge in [0.25, 0.3) is 0 Å². The summed E-state index contributed by atoms with van der Waals surface area (Å²) in [5.41, 5.74) is 0.612. The molecule has 23 heavy (non-hydrogen) atoms. The molecule has 1 aromatic carbocycles. The molecule has 1 fully saturated rings. The molecule has 2 nitrogen and oxygen atoms in total. The van der Waals surface area contributed by atoms with E-state index in [1.54, 1.807) is 0 Å². The SMILES string of the molecule is CCCCCCCC[C@@H](O)[C@@H]1[C@@H](C)[C@@]1(O)CCc1ccccc1. The molecule has 1 aliphatic carbocycles. The average Bonchev–Trinajstić information content (AvgIpc) is 3.11. The standard InChI is InChI=1S/C21H34O2/c1-3-4-5-6-7-11-14-19(22)20-17(2)21(20,23)16-15-18-12-9-8-10-13-18/h8-10,12-13,17,19-20,22-23H,3-7,11,14-16H2,1-2H3/t17-,19-,20+,21+/m1/s1. The minimum Gasteiger partial charge on any atom is -0.393 e. The molecule has 2 heteroatoms. The second-order valence-electron chi connectivity index (χ2n) is 7.42. The highest BCUT2D eigenvalue weighted by atomic mass is 16.3. The number of rotatable bonds is 11. The lowest BCUT2D eigenvalue weighted by Crippen LogP contribution is -2.21. The van der Waals surface area contributed by atoms with Gasteiger partial charge in [0, 0.05) is 5.92 Å². The smallest absolute Gasteiger partial charge is 0.0737 e. The largest absolute Gasteiger partial charge is 0.393 e. The van der Waals surface area contributed by atoms with E-state index < -0.39 is 5.60 Å². The molecule has 0 aromatic heterocycles. The Hall–Kier alpha value is -0.860. The third kappa shape index (κ3) is 5.06. The van der Waals surface area contributed by atoms with Gasteiger partial charge in [0.15, 0.2) is 0 Å². The van der Waals surface area contributed by atoms with Crippen LogP contribution >= 0.6 is 0 Å². The Morgan fingerprint density at radius 2 is 1.70 bits per heavy atom. The van der Waals surface area contributed by atoms with Crippen molar-refractivity contribution in [3.05, 3.63) is 35.9 Å². The molecule has 1 aromatic rings. The molecule has 4 atom stereocenters. The van der Waals surface area contributed by atoms with Crippen molar-refractivity contribution in [1.82, 2.24) is 0 Å². The third-order valence-corrected chi connectivity index (χ3v) is 5.72. The molecule has 1 aliphatic rings. The van der Waals surface area contributed by atoms with Crippen molar-refractivity contribution >= 4 is 0 Å². The van der Waals surface area contributed by atoms with Gasteiger partial charge in [0.1, 0.15) is 0 Å². The summed E-state index contributed by atoms with van der Waals surface area (Å²) in [6.45, 7) is 4.31. The lowest BCUT2D eigenvalue weighted by Gasteiger charge is -2.15. The molecule has 130 valence electrons. The highest BCUT2D eigenvalue weighted by molar-refractivity contribution is 5.18. The fourth-order valence-corrected chi connectivity index (χ4v) is 4.01. The maximum Gasteiger partial charge on any atom is 0.0737 e. The van der Waals surface area contributed by atoms with Crippen molar-refractivity contribution in [1.29, 1.82) is 0 Å². The second-order valence-corrected chi connectivity index (χ2v) is 7.42. The van der Waals surface area contributed by atoms with E-state index in [9.17, 15) is 10.2 Å². The van der Waals surface area contributed by atoms with E-state index in [0.29, 0.717) is 0 Å². The van der Waals surface area contributed by atoms with Crippen LogP contribution in [0, 0.1) is 11.8 Å². The third-order valence-electron chi connectivity index (χ3n) is 5.72. The van der Waals surface area contributed by atoms with Crippen LogP contribution in [0.2, 0.25) is 0 Å². The Morgan fingerprint density at radius 3 is 2.39 bits per heavy atom. The van der Waals surface area contributed by atoms with Gasteiger partial charge in [0.05, 0.1) is 11.7 Å². The Bertz CT molecular complexity index is 444. The maximum absolute atomic E-state index is 10.8. The predicted molar refractivity (Wildman–Crippen MR) is 96.4 cm³/mol. The number of aryl methyl sites for hydroxylation is 1. The Labute approximate surface area is 141 Å². The van der Waals surface area contributed by atoms with E-state index in [1.807, 2.05) is 18.2 Å². The number of aliphatic hydroxyl groups excluding tert-OH is 1. The first-order valence-electron chi connectivity index (χ1n) is 9.54. The number of aliphatic hydroxyl groups is 2. The van der Waals surface area contributed by atoms with Gasteiger partial charge in [-0.05, 0) is 30.7 Å². The molecule has 0 bridgehead atoms. The average molecular weight is 319 g/mol. The minimum absolute atomic E-state index is 0.0712. The maximum atomic E-state index is 10.8. The van der Waals surface area contributed by atoms with Crippen molar-refractivity contribution in [3.63, 3.8) is 0 Å². The van der Waals surface area contributed by atoms with Gasteiger partial charge >= 0.3 is 0 Å². The Balaban J connectivity index is 1.69. The van der Waals surface area contributed by atoms with E-state index in [2.05, 4.69) is 26.0 Å². The lowest BCUT2D eigenvalue weighted by molar-refractivity contribution is 0.0592. The molecule has 0 unspecified atom stereocenters. The lowest BCUT2D eigenvalue weighted by atomic mass is 9.99. The molecule has 1 saturated carbocycles. The van der Waals surface area contributed by atoms with Gasteiger partial charge in [-0.3, -0.25) is 0 Å². The quantitative estimate of drug-likeness (QED) is 0.579. The van der Waals surface area contributed by atoms with Crippen molar-refractivity contribution in [3.8, 4) is 0 Å². The summed E-state index contributed by atoms with van der Waals surface area (Å²) in [5, 5.41) is 21.2. The monoisotopic (exact) mass is 318 g/mol. The molecule has 0 radical (unpaired) electrons. The summed E-state index contributed by atoms with van der Waals surface area (Å²) in [5.74, 6) is 0.295. The normalized spacial score (nSPS) is 27.8.